The van der Waals surface area contributed by atoms with E-state index in [2.05, 4.69) is 11.7 Å². The van der Waals surface area contributed by atoms with E-state index in [4.69, 9.17) is 5.11 Å². The highest BCUT2D eigenvalue weighted by molar-refractivity contribution is 5.28. The van der Waals surface area contributed by atoms with Crippen molar-refractivity contribution in [2.45, 2.75) is 33.6 Å². The van der Waals surface area contributed by atoms with Gasteiger partial charge in [-0.15, -0.1) is 0 Å². The second-order valence-corrected chi connectivity index (χ2v) is 1.77. The number of nitrogens with zero attached hydrogens (tertiary/aromatic N) is 1. The van der Waals surface area contributed by atoms with Crippen LogP contribution in [0.15, 0.2) is 16.8 Å². The van der Waals surface area contributed by atoms with E-state index in [1.165, 1.54) is 0 Å². The molecule has 2 heteroatoms. The van der Waals surface area contributed by atoms with E-state index < -0.39 is 0 Å². The molecule has 11 heavy (non-hydrogen) atoms. The van der Waals surface area contributed by atoms with Gasteiger partial charge in [-0.1, -0.05) is 19.9 Å². The molecule has 0 aromatic carbocycles. The van der Waals surface area contributed by atoms with Crippen molar-refractivity contribution in [3.05, 3.63) is 11.8 Å². The molecular weight excluding hydrogens is 138 g/mol. The summed E-state index contributed by atoms with van der Waals surface area (Å²) in [6, 6.07) is 0. The number of aliphatic imine (C=N–C) groups is 1. The summed E-state index contributed by atoms with van der Waals surface area (Å²) in [5, 5.41) is 8.42. The first kappa shape index (κ1) is 13.0. The molecule has 0 aromatic heterocycles. The van der Waals surface area contributed by atoms with Crippen LogP contribution in [0.5, 0.6) is 0 Å². The largest absolute Gasteiger partial charge is 0.396 e. The van der Waals surface area contributed by atoms with Crippen LogP contribution >= 0.6 is 0 Å². The monoisotopic (exact) mass is 157 g/mol. The fraction of sp³-hybridized carbons (Fsp3) is 0.667. The predicted octanol–water partition coefficient (Wildman–Crippen LogP) is 2.39. The topological polar surface area (TPSA) is 32.6 Å². The van der Waals surface area contributed by atoms with Crippen LogP contribution in [0.4, 0.5) is 0 Å². The lowest BCUT2D eigenvalue weighted by Gasteiger charge is -1.95. The summed E-state index contributed by atoms with van der Waals surface area (Å²) in [4.78, 5) is 3.74. The van der Waals surface area contributed by atoms with Crippen molar-refractivity contribution in [1.82, 2.24) is 0 Å². The first-order valence-electron chi connectivity index (χ1n) is 4.08. The number of allylic oxidation sites excluding steroid dienone is 2. The van der Waals surface area contributed by atoms with Crippen LogP contribution in [0, 0.1) is 0 Å². The van der Waals surface area contributed by atoms with Crippen LogP contribution in [0.25, 0.3) is 0 Å². The number of hydrogen-bond acceptors (Lipinski definition) is 2. The third kappa shape index (κ3) is 9.37. The average molecular weight is 157 g/mol. The number of aliphatic hydroxyl groups excluding tert-OH is 1. The Morgan fingerprint density at radius 1 is 1.55 bits per heavy atom. The fourth-order valence-corrected chi connectivity index (χ4v) is 0.575. The molecule has 0 rings (SSSR count). The zero-order valence-corrected chi connectivity index (χ0v) is 7.80. The quantitative estimate of drug-likeness (QED) is 0.624. The van der Waals surface area contributed by atoms with Gasteiger partial charge in [0.05, 0.1) is 0 Å². The lowest BCUT2D eigenvalue weighted by atomic mass is 10.2. The molecule has 0 aliphatic rings. The van der Waals surface area contributed by atoms with E-state index in [-0.39, 0.29) is 6.61 Å². The lowest BCUT2D eigenvalue weighted by molar-refractivity contribution is 0.288. The van der Waals surface area contributed by atoms with Gasteiger partial charge >= 0.3 is 0 Å². The summed E-state index contributed by atoms with van der Waals surface area (Å²) >= 11 is 0. The second-order valence-electron chi connectivity index (χ2n) is 1.77. The minimum absolute atomic E-state index is 0.229. The predicted molar refractivity (Wildman–Crippen MR) is 51.0 cm³/mol. The highest BCUT2D eigenvalue weighted by Crippen LogP contribution is 2.03. The van der Waals surface area contributed by atoms with Crippen LogP contribution < -0.4 is 0 Å². The maximum atomic E-state index is 8.42. The van der Waals surface area contributed by atoms with Crippen LogP contribution in [0.1, 0.15) is 33.6 Å². The molecule has 0 fully saturated rings. The second kappa shape index (κ2) is 12.1. The minimum Gasteiger partial charge on any atom is -0.396 e. The molecule has 0 saturated heterocycles. The number of aliphatic hydroxyl groups is 1. The van der Waals surface area contributed by atoms with Gasteiger partial charge < -0.3 is 5.11 Å². The van der Waals surface area contributed by atoms with Crippen molar-refractivity contribution < 1.29 is 5.11 Å². The molecule has 0 aromatic rings. The summed E-state index contributed by atoms with van der Waals surface area (Å²) < 4.78 is 0. The zero-order chi connectivity index (χ0) is 9.11. The van der Waals surface area contributed by atoms with Crippen LogP contribution in [-0.2, 0) is 0 Å². The van der Waals surface area contributed by atoms with Gasteiger partial charge in [-0.3, -0.25) is 4.99 Å². The third-order valence-corrected chi connectivity index (χ3v) is 1.13. The average Bonchev–Trinajstić information content (AvgIpc) is 2.10. The maximum Gasteiger partial charge on any atom is 0.0434 e. The zero-order valence-electron chi connectivity index (χ0n) is 7.80. The molecule has 0 radical (unpaired) electrons. The van der Waals surface area contributed by atoms with Crippen molar-refractivity contribution in [3.8, 4) is 0 Å². The molecule has 0 saturated carbocycles. The van der Waals surface area contributed by atoms with E-state index >= 15 is 0 Å². The Morgan fingerprint density at radius 2 is 2.09 bits per heavy atom. The number of hydrogen-bond donors (Lipinski definition) is 1. The Hall–Kier alpha value is -0.630. The molecule has 0 spiro atoms. The van der Waals surface area contributed by atoms with Gasteiger partial charge in [-0.25, -0.2) is 0 Å². The molecule has 0 amide bonds. The maximum absolute atomic E-state index is 8.42. The molecule has 2 nitrogen and oxygen atoms in total. The molecule has 0 heterocycles. The first-order chi connectivity index (χ1) is 5.35. The smallest absolute Gasteiger partial charge is 0.0434 e. The summed E-state index contributed by atoms with van der Waals surface area (Å²) in [5.74, 6) is 0. The Bertz CT molecular complexity index is 108. The van der Waals surface area contributed by atoms with Gasteiger partial charge in [0.25, 0.3) is 0 Å². The van der Waals surface area contributed by atoms with Crippen LogP contribution in [0.3, 0.4) is 0 Å². The highest BCUT2D eigenvalue weighted by atomic mass is 16.2. The molecule has 0 unspecified atom stereocenters. The fourth-order valence-electron chi connectivity index (χ4n) is 0.575. The molecular formula is C9H19NO. The van der Waals surface area contributed by atoms with Gasteiger partial charge in [0.1, 0.15) is 0 Å². The Morgan fingerprint density at radius 3 is 2.36 bits per heavy atom. The Kier molecular flexibility index (Phi) is 14.3. The summed E-state index contributed by atoms with van der Waals surface area (Å²) in [7, 11) is 0. The molecule has 1 N–H and O–H groups in total. The van der Waals surface area contributed by atoms with Crippen molar-refractivity contribution in [2.24, 2.45) is 4.99 Å². The van der Waals surface area contributed by atoms with E-state index in [1.807, 2.05) is 26.8 Å². The summed E-state index contributed by atoms with van der Waals surface area (Å²) in [6.07, 6.45) is 3.51. The molecule has 0 bridgehead atoms. The van der Waals surface area contributed by atoms with E-state index in [9.17, 15) is 0 Å². The van der Waals surface area contributed by atoms with E-state index in [1.54, 1.807) is 0 Å². The normalized spacial score (nSPS) is 10.0. The molecule has 66 valence electrons. The SMILES string of the molecule is C=N/C(=C\C)CCCO.CC. The minimum atomic E-state index is 0.229. The van der Waals surface area contributed by atoms with Crippen molar-refractivity contribution in [3.63, 3.8) is 0 Å². The molecule has 0 atom stereocenters. The van der Waals surface area contributed by atoms with E-state index in [0.29, 0.717) is 0 Å². The van der Waals surface area contributed by atoms with Crippen molar-refractivity contribution in [1.29, 1.82) is 0 Å². The number of rotatable bonds is 4. The lowest BCUT2D eigenvalue weighted by Crippen LogP contribution is -1.83. The molecule has 0 aliphatic heterocycles. The Labute approximate surface area is 69.7 Å². The summed E-state index contributed by atoms with van der Waals surface area (Å²) in [5.41, 5.74) is 0.962. The molecule has 0 aliphatic carbocycles. The van der Waals surface area contributed by atoms with Crippen LogP contribution in [-0.4, -0.2) is 18.4 Å². The van der Waals surface area contributed by atoms with Gasteiger partial charge in [0, 0.05) is 12.3 Å². The summed E-state index contributed by atoms with van der Waals surface area (Å²) in [6.45, 7) is 9.53. The Balaban J connectivity index is 0. The first-order valence-corrected chi connectivity index (χ1v) is 4.08. The van der Waals surface area contributed by atoms with Gasteiger partial charge in [-0.05, 0) is 26.5 Å². The highest BCUT2D eigenvalue weighted by Gasteiger charge is 1.88. The van der Waals surface area contributed by atoms with Gasteiger partial charge in [0.15, 0.2) is 0 Å². The standard InChI is InChI=1S/C7H13NO.C2H6/c1-3-7(8-2)5-4-6-9;1-2/h3,9H,2,4-6H2,1H3;1-2H3/b7-3-;. The van der Waals surface area contributed by atoms with Gasteiger partial charge in [-0.2, -0.15) is 0 Å². The van der Waals surface area contributed by atoms with Gasteiger partial charge in [0.2, 0.25) is 0 Å². The van der Waals surface area contributed by atoms with Crippen LogP contribution in [0.2, 0.25) is 0 Å². The van der Waals surface area contributed by atoms with Crippen molar-refractivity contribution >= 4 is 6.72 Å². The van der Waals surface area contributed by atoms with Crippen molar-refractivity contribution in [2.75, 3.05) is 6.61 Å². The third-order valence-electron chi connectivity index (χ3n) is 1.13. The van der Waals surface area contributed by atoms with E-state index in [0.717, 1.165) is 18.5 Å².